The van der Waals surface area contributed by atoms with Crippen LogP contribution in [0.3, 0.4) is 0 Å². The van der Waals surface area contributed by atoms with Gasteiger partial charge in [0.05, 0.1) is 26.2 Å². The third-order valence-electron chi connectivity index (χ3n) is 5.13. The number of sulfone groups is 1. The number of nitrogens with one attached hydrogen (secondary N) is 1. The summed E-state index contributed by atoms with van der Waals surface area (Å²) >= 11 is 0.996. The predicted octanol–water partition coefficient (Wildman–Crippen LogP) is 4.86. The largest absolute Gasteiger partial charge is 0.419 e. The monoisotopic (exact) mass is 546 g/mol. The van der Waals surface area contributed by atoms with Crippen molar-refractivity contribution >= 4 is 50.9 Å². The van der Waals surface area contributed by atoms with Gasteiger partial charge in [-0.25, -0.2) is 17.2 Å². The summed E-state index contributed by atoms with van der Waals surface area (Å²) in [7, 11) is -4.15. The number of halogens is 2. The van der Waals surface area contributed by atoms with E-state index in [4.69, 9.17) is 4.74 Å². The van der Waals surface area contributed by atoms with Gasteiger partial charge in [-0.2, -0.15) is 0 Å². The quantitative estimate of drug-likeness (QED) is 0.152. The molecule has 190 valence electrons. The minimum Gasteiger partial charge on any atom is -0.419 e. The smallest absolute Gasteiger partial charge is 0.312 e. The zero-order chi connectivity index (χ0) is 26.9. The molecule has 3 aromatic carbocycles. The van der Waals surface area contributed by atoms with E-state index in [0.29, 0.717) is 4.90 Å². The Balaban J connectivity index is 1.61. The molecule has 0 unspecified atom stereocenters. The molecule has 0 fully saturated rings. The molecule has 1 N–H and O–H groups in total. The van der Waals surface area contributed by atoms with Crippen molar-refractivity contribution in [3.8, 4) is 5.75 Å². The Hall–Kier alpha value is -4.10. The lowest BCUT2D eigenvalue weighted by Gasteiger charge is -2.19. The van der Waals surface area contributed by atoms with Crippen LogP contribution in [0.15, 0.2) is 69.3 Å². The summed E-state index contributed by atoms with van der Waals surface area (Å²) in [5, 5.41) is 13.9. The van der Waals surface area contributed by atoms with E-state index in [0.717, 1.165) is 43.0 Å². The lowest BCUT2D eigenvalue weighted by molar-refractivity contribution is -0.385. The van der Waals surface area contributed by atoms with Crippen LogP contribution in [0.1, 0.15) is 18.1 Å². The van der Waals surface area contributed by atoms with Gasteiger partial charge in [0, 0.05) is 23.4 Å². The zero-order valence-electron chi connectivity index (χ0n) is 18.9. The van der Waals surface area contributed by atoms with Gasteiger partial charge in [0.25, 0.3) is 5.91 Å². The van der Waals surface area contributed by atoms with Crippen LogP contribution in [-0.2, 0) is 25.2 Å². The highest BCUT2D eigenvalue weighted by Gasteiger charge is 2.26. The summed E-state index contributed by atoms with van der Waals surface area (Å²) < 4.78 is 58.4. The predicted molar refractivity (Wildman–Crippen MR) is 131 cm³/mol. The molecular weight excluding hydrogens is 530 g/mol. The number of nitrogens with zero attached hydrogens (tertiary/aromatic N) is 1. The molecule has 0 aromatic heterocycles. The van der Waals surface area contributed by atoms with Gasteiger partial charge in [-0.15, -0.1) is 0 Å². The Morgan fingerprint density at radius 1 is 1.14 bits per heavy atom. The van der Waals surface area contributed by atoms with E-state index in [-0.39, 0.29) is 26.8 Å². The van der Waals surface area contributed by atoms with Crippen molar-refractivity contribution in [2.75, 3.05) is 5.32 Å². The Morgan fingerprint density at radius 3 is 2.49 bits per heavy atom. The molecule has 9 nitrogen and oxygen atoms in total. The van der Waals surface area contributed by atoms with Crippen LogP contribution in [0.2, 0.25) is 0 Å². The van der Waals surface area contributed by atoms with Crippen molar-refractivity contribution in [2.24, 2.45) is 0 Å². The number of hydrogen-bond acceptors (Lipinski definition) is 8. The van der Waals surface area contributed by atoms with Gasteiger partial charge < -0.3 is 10.1 Å². The van der Waals surface area contributed by atoms with Crippen molar-refractivity contribution in [3.05, 3.63) is 92.4 Å². The first-order chi connectivity index (χ1) is 17.4. The number of esters is 1. The van der Waals surface area contributed by atoms with Crippen molar-refractivity contribution in [1.82, 2.24) is 0 Å². The summed E-state index contributed by atoms with van der Waals surface area (Å²) in [4.78, 5) is 34.9. The van der Waals surface area contributed by atoms with Gasteiger partial charge in [0.15, 0.2) is 9.84 Å². The highest BCUT2D eigenvalue weighted by atomic mass is 32.2. The number of thioether (sulfide) groups is 1. The number of carbonyl (C=O) groups excluding carboxylic acids is 2. The fourth-order valence-corrected chi connectivity index (χ4v) is 5.76. The Morgan fingerprint density at radius 2 is 1.84 bits per heavy atom. The number of hydrogen-bond donors (Lipinski definition) is 1. The minimum atomic E-state index is -4.15. The molecule has 0 spiro atoms. The lowest BCUT2D eigenvalue weighted by atomic mass is 10.1. The fraction of sp³-hybridized carbons (Fsp3) is 0.0833. The molecule has 0 radical (unpaired) electrons. The number of anilines is 1. The highest BCUT2D eigenvalue weighted by Crippen LogP contribution is 2.41. The van der Waals surface area contributed by atoms with Crippen molar-refractivity contribution < 1.29 is 36.4 Å². The van der Waals surface area contributed by atoms with E-state index >= 15 is 0 Å². The molecule has 4 rings (SSSR count). The first kappa shape index (κ1) is 26.0. The van der Waals surface area contributed by atoms with Gasteiger partial charge in [-0.3, -0.25) is 19.7 Å². The van der Waals surface area contributed by atoms with Gasteiger partial charge in [0.2, 0.25) is 5.75 Å². The Labute approximate surface area is 213 Å². The van der Waals surface area contributed by atoms with Gasteiger partial charge >= 0.3 is 11.7 Å². The molecule has 3 aromatic rings. The molecule has 1 heterocycles. The molecule has 0 bridgehead atoms. The zero-order valence-corrected chi connectivity index (χ0v) is 20.5. The average molecular weight is 547 g/mol. The van der Waals surface area contributed by atoms with Crippen LogP contribution in [0.5, 0.6) is 5.75 Å². The lowest BCUT2D eigenvalue weighted by Crippen LogP contribution is -2.18. The van der Waals surface area contributed by atoms with Crippen LogP contribution in [0.4, 0.5) is 20.2 Å². The molecule has 0 atom stereocenters. The Bertz CT molecular complexity index is 1580. The molecule has 13 heteroatoms. The number of ether oxygens (including phenoxy) is 1. The van der Waals surface area contributed by atoms with E-state index < -0.39 is 55.3 Å². The standard InChI is InChI=1S/C24H16F2N2O7S2/c1-13(29)35-21-7-5-14(9-20(21)28(31)32)10-23-24(30)27-19-11-15(6-8-22(19)36-23)37(33,34)12-16-17(25)3-2-4-18(16)26/h2-11H,12H2,1H3,(H,27,30)/b23-10+. The topological polar surface area (TPSA) is 133 Å². The summed E-state index contributed by atoms with van der Waals surface area (Å²) in [6, 6.07) is 10.8. The van der Waals surface area contributed by atoms with E-state index in [1.54, 1.807) is 0 Å². The van der Waals surface area contributed by atoms with Crippen LogP contribution in [0, 0.1) is 21.7 Å². The van der Waals surface area contributed by atoms with Gasteiger partial charge in [-0.1, -0.05) is 23.9 Å². The maximum atomic E-state index is 14.0. The third-order valence-corrected chi connectivity index (χ3v) is 7.87. The fourth-order valence-electron chi connectivity index (χ4n) is 3.44. The number of nitro benzene ring substituents is 1. The summed E-state index contributed by atoms with van der Waals surface area (Å²) in [5.74, 6) is -4.44. The normalized spacial score (nSPS) is 14.1. The molecule has 0 saturated carbocycles. The molecule has 1 aliphatic heterocycles. The van der Waals surface area contributed by atoms with E-state index in [1.807, 2.05) is 0 Å². The van der Waals surface area contributed by atoms with Crippen molar-refractivity contribution in [3.63, 3.8) is 0 Å². The molecule has 0 saturated heterocycles. The second-order valence-electron chi connectivity index (χ2n) is 7.76. The van der Waals surface area contributed by atoms with Crippen LogP contribution >= 0.6 is 11.8 Å². The molecular formula is C24H16F2N2O7S2. The molecule has 0 aliphatic carbocycles. The van der Waals surface area contributed by atoms with Crippen LogP contribution in [-0.4, -0.2) is 25.2 Å². The average Bonchev–Trinajstić information content (AvgIpc) is 2.82. The summed E-state index contributed by atoms with van der Waals surface area (Å²) in [5.41, 5.74) is -0.585. The second kappa shape index (κ2) is 10.1. The number of carbonyl (C=O) groups is 2. The van der Waals surface area contributed by atoms with Crippen LogP contribution in [0.25, 0.3) is 6.08 Å². The third kappa shape index (κ3) is 5.67. The molecule has 1 amide bonds. The second-order valence-corrected chi connectivity index (χ2v) is 10.8. The first-order valence-electron chi connectivity index (χ1n) is 10.4. The van der Waals surface area contributed by atoms with E-state index in [1.165, 1.54) is 36.4 Å². The summed E-state index contributed by atoms with van der Waals surface area (Å²) in [6.07, 6.45) is 1.39. The Kier molecular flexibility index (Phi) is 7.09. The van der Waals surface area contributed by atoms with E-state index in [2.05, 4.69) is 5.32 Å². The van der Waals surface area contributed by atoms with Gasteiger partial charge in [0.1, 0.15) is 11.6 Å². The molecule has 1 aliphatic rings. The van der Waals surface area contributed by atoms with E-state index in [9.17, 15) is 36.9 Å². The van der Waals surface area contributed by atoms with Crippen molar-refractivity contribution in [1.29, 1.82) is 0 Å². The number of benzene rings is 3. The number of nitro groups is 1. The first-order valence-corrected chi connectivity index (χ1v) is 12.9. The SMILES string of the molecule is CC(=O)Oc1ccc(/C=C2/Sc3ccc(S(=O)(=O)Cc4c(F)cccc4F)cc3NC2=O)cc1[N+](=O)[O-]. The van der Waals surface area contributed by atoms with Gasteiger partial charge in [-0.05, 0) is 48.0 Å². The van der Waals surface area contributed by atoms with Crippen LogP contribution < -0.4 is 10.1 Å². The van der Waals surface area contributed by atoms with Crippen molar-refractivity contribution in [2.45, 2.75) is 22.5 Å². The number of fused-ring (bicyclic) bond motifs is 1. The summed E-state index contributed by atoms with van der Waals surface area (Å²) in [6.45, 7) is 1.11. The maximum Gasteiger partial charge on any atom is 0.312 e. The minimum absolute atomic E-state index is 0.158. The highest BCUT2D eigenvalue weighted by molar-refractivity contribution is 8.04. The maximum absolute atomic E-state index is 14.0. The molecule has 37 heavy (non-hydrogen) atoms. The number of rotatable bonds is 6. The number of amides is 1.